The van der Waals surface area contributed by atoms with Crippen LogP contribution >= 0.6 is 35.6 Å². The van der Waals surface area contributed by atoms with Crippen LogP contribution in [0.4, 0.5) is 5.69 Å². The molecule has 112 valence electrons. The number of thiocarbonyl (C=S) groups is 1. The van der Waals surface area contributed by atoms with E-state index in [2.05, 4.69) is 5.32 Å². The highest BCUT2D eigenvalue weighted by atomic mass is 35.5. The number of carboxylic acids is 1. The SMILES string of the molecule is O=C(O)CN1C(=O)/C(=C2/C(=O)Nc3c(Cl)cccc32)SC1=S. The summed E-state index contributed by atoms with van der Waals surface area (Å²) in [5.41, 5.74) is 1.11. The number of benzene rings is 1. The van der Waals surface area contributed by atoms with Crippen molar-refractivity contribution in [2.75, 3.05) is 11.9 Å². The molecule has 0 radical (unpaired) electrons. The predicted molar refractivity (Wildman–Crippen MR) is 86.5 cm³/mol. The topological polar surface area (TPSA) is 86.7 Å². The van der Waals surface area contributed by atoms with Crippen LogP contribution in [-0.2, 0) is 14.4 Å². The second kappa shape index (κ2) is 5.38. The van der Waals surface area contributed by atoms with Gasteiger partial charge < -0.3 is 10.4 Å². The number of nitrogens with zero attached hydrogens (tertiary/aromatic N) is 1. The van der Waals surface area contributed by atoms with Crippen LogP contribution in [0.3, 0.4) is 0 Å². The molecule has 0 aliphatic carbocycles. The highest BCUT2D eigenvalue weighted by Gasteiger charge is 2.40. The van der Waals surface area contributed by atoms with Gasteiger partial charge in [0, 0.05) is 5.56 Å². The Balaban J connectivity index is 2.11. The summed E-state index contributed by atoms with van der Waals surface area (Å²) < 4.78 is 0.109. The fraction of sp³-hybridized carbons (Fsp3) is 0.0769. The van der Waals surface area contributed by atoms with Crippen molar-refractivity contribution >= 4 is 68.9 Å². The van der Waals surface area contributed by atoms with Crippen LogP contribution in [0.1, 0.15) is 5.56 Å². The van der Waals surface area contributed by atoms with Gasteiger partial charge in [0.05, 0.1) is 21.2 Å². The van der Waals surface area contributed by atoms with Crippen LogP contribution in [0.15, 0.2) is 23.1 Å². The van der Waals surface area contributed by atoms with Crippen molar-refractivity contribution in [3.05, 3.63) is 33.7 Å². The molecule has 2 heterocycles. The third kappa shape index (κ3) is 2.29. The molecular formula is C13H7ClN2O4S2. The maximum atomic E-state index is 12.4. The van der Waals surface area contributed by atoms with Gasteiger partial charge in [-0.3, -0.25) is 19.3 Å². The van der Waals surface area contributed by atoms with Crippen LogP contribution in [0.25, 0.3) is 5.57 Å². The number of nitrogens with one attached hydrogen (secondary N) is 1. The summed E-state index contributed by atoms with van der Waals surface area (Å²) in [4.78, 5) is 36.4. The summed E-state index contributed by atoms with van der Waals surface area (Å²) in [5, 5.41) is 11.8. The average Bonchev–Trinajstić information content (AvgIpc) is 2.90. The van der Waals surface area contributed by atoms with Gasteiger partial charge in [-0.1, -0.05) is 47.7 Å². The van der Waals surface area contributed by atoms with Crippen LogP contribution in [0.2, 0.25) is 5.02 Å². The summed E-state index contributed by atoms with van der Waals surface area (Å²) >= 11 is 12.0. The molecule has 0 bridgehead atoms. The Kier molecular flexibility index (Phi) is 3.67. The summed E-state index contributed by atoms with van der Waals surface area (Å²) in [6.07, 6.45) is 0. The highest BCUT2D eigenvalue weighted by molar-refractivity contribution is 8.26. The van der Waals surface area contributed by atoms with Crippen LogP contribution in [0.5, 0.6) is 0 Å². The molecule has 1 aromatic rings. The molecule has 9 heteroatoms. The number of carboxylic acid groups (broad SMARTS) is 1. The Morgan fingerprint density at radius 3 is 2.82 bits per heavy atom. The second-order valence-electron chi connectivity index (χ2n) is 4.47. The number of amides is 2. The van der Waals surface area contributed by atoms with Crippen molar-refractivity contribution in [2.24, 2.45) is 0 Å². The number of hydrogen-bond donors (Lipinski definition) is 2. The minimum Gasteiger partial charge on any atom is -0.480 e. The molecule has 0 atom stereocenters. The number of fused-ring (bicyclic) bond motifs is 1. The number of rotatable bonds is 2. The van der Waals surface area contributed by atoms with Crippen molar-refractivity contribution in [2.45, 2.75) is 0 Å². The molecule has 1 aromatic carbocycles. The van der Waals surface area contributed by atoms with E-state index < -0.39 is 24.3 Å². The highest BCUT2D eigenvalue weighted by Crippen LogP contribution is 2.44. The molecule has 1 saturated heterocycles. The Morgan fingerprint density at radius 2 is 2.14 bits per heavy atom. The van der Waals surface area contributed by atoms with Gasteiger partial charge in [-0.25, -0.2) is 0 Å². The number of halogens is 1. The fourth-order valence-corrected chi connectivity index (χ4v) is 3.76. The van der Waals surface area contributed by atoms with Crippen molar-refractivity contribution in [1.29, 1.82) is 0 Å². The lowest BCUT2D eigenvalue weighted by Gasteiger charge is -2.10. The molecule has 2 aliphatic heterocycles. The maximum absolute atomic E-state index is 12.4. The summed E-state index contributed by atoms with van der Waals surface area (Å²) in [6.45, 7) is -0.536. The van der Waals surface area contributed by atoms with Crippen molar-refractivity contribution < 1.29 is 19.5 Å². The van der Waals surface area contributed by atoms with Gasteiger partial charge in [-0.15, -0.1) is 0 Å². The van der Waals surface area contributed by atoms with Gasteiger partial charge in [0.15, 0.2) is 0 Å². The number of aliphatic carboxylic acids is 1. The van der Waals surface area contributed by atoms with Gasteiger partial charge in [0.1, 0.15) is 10.9 Å². The van der Waals surface area contributed by atoms with Crippen LogP contribution in [0, 0.1) is 0 Å². The first kappa shape index (κ1) is 15.0. The van der Waals surface area contributed by atoms with Gasteiger partial charge in [0.2, 0.25) is 0 Å². The lowest BCUT2D eigenvalue weighted by Crippen LogP contribution is -2.33. The normalized spacial score (nSPS) is 20.4. The predicted octanol–water partition coefficient (Wildman–Crippen LogP) is 1.95. The summed E-state index contributed by atoms with van der Waals surface area (Å²) in [5.74, 6) is -2.23. The Hall–Kier alpha value is -1.90. The quantitative estimate of drug-likeness (QED) is 0.623. The molecule has 0 unspecified atom stereocenters. The number of carbonyl (C=O) groups is 3. The van der Waals surface area contributed by atoms with Crippen molar-refractivity contribution in [1.82, 2.24) is 4.90 Å². The van der Waals surface area contributed by atoms with Gasteiger partial charge in [-0.05, 0) is 6.07 Å². The Bertz CT molecular complexity index is 790. The first-order valence-corrected chi connectivity index (χ1v) is 7.60. The van der Waals surface area contributed by atoms with Crippen LogP contribution < -0.4 is 5.32 Å². The first-order valence-electron chi connectivity index (χ1n) is 6.00. The molecule has 2 N–H and O–H groups in total. The first-order chi connectivity index (χ1) is 10.4. The second-order valence-corrected chi connectivity index (χ2v) is 6.53. The van der Waals surface area contributed by atoms with Crippen LogP contribution in [-0.4, -0.2) is 38.7 Å². The zero-order valence-corrected chi connectivity index (χ0v) is 13.1. The lowest BCUT2D eigenvalue weighted by molar-refractivity contribution is -0.140. The van der Waals surface area contributed by atoms with Gasteiger partial charge in [-0.2, -0.15) is 0 Å². The number of anilines is 1. The molecule has 6 nitrogen and oxygen atoms in total. The van der Waals surface area contributed by atoms with E-state index in [1.807, 2.05) is 0 Å². The van der Waals surface area contributed by atoms with Crippen molar-refractivity contribution in [3.63, 3.8) is 0 Å². The zero-order valence-electron chi connectivity index (χ0n) is 10.8. The Morgan fingerprint density at radius 1 is 1.41 bits per heavy atom. The standard InChI is InChI=1S/C13H7ClN2O4S2/c14-6-3-1-2-5-8(11(19)15-9(5)6)10-12(20)16(4-7(17)18)13(21)22-10/h1-3H,4H2,(H,15,19)(H,17,18)/b10-8-. The van der Waals surface area contributed by atoms with E-state index in [0.717, 1.165) is 16.7 Å². The molecule has 0 saturated carbocycles. The van der Waals surface area contributed by atoms with E-state index in [1.54, 1.807) is 18.2 Å². The molecule has 1 fully saturated rings. The van der Waals surface area contributed by atoms with E-state index in [1.165, 1.54) is 0 Å². The zero-order chi connectivity index (χ0) is 16.0. The van der Waals surface area contributed by atoms with Crippen molar-refractivity contribution in [3.8, 4) is 0 Å². The van der Waals surface area contributed by atoms with E-state index in [9.17, 15) is 14.4 Å². The average molecular weight is 355 g/mol. The number of carbonyl (C=O) groups excluding carboxylic acids is 2. The lowest BCUT2D eigenvalue weighted by atomic mass is 10.1. The summed E-state index contributed by atoms with van der Waals surface area (Å²) in [7, 11) is 0. The van der Waals surface area contributed by atoms with Gasteiger partial charge in [0.25, 0.3) is 11.8 Å². The van der Waals surface area contributed by atoms with E-state index in [4.69, 9.17) is 28.9 Å². The smallest absolute Gasteiger partial charge is 0.323 e. The maximum Gasteiger partial charge on any atom is 0.323 e. The molecule has 0 aromatic heterocycles. The molecule has 22 heavy (non-hydrogen) atoms. The minimum absolute atomic E-state index is 0.109. The number of hydrogen-bond acceptors (Lipinski definition) is 5. The van der Waals surface area contributed by atoms with Gasteiger partial charge >= 0.3 is 5.97 Å². The monoisotopic (exact) mass is 354 g/mol. The minimum atomic E-state index is -1.18. The Labute approximate surface area is 139 Å². The summed E-state index contributed by atoms with van der Waals surface area (Å²) in [6, 6.07) is 4.96. The molecular weight excluding hydrogens is 348 g/mol. The van der Waals surface area contributed by atoms with E-state index in [0.29, 0.717) is 16.3 Å². The largest absolute Gasteiger partial charge is 0.480 e. The molecule has 0 spiro atoms. The molecule has 2 aliphatic rings. The number of thioether (sulfide) groups is 1. The number of para-hydroxylation sites is 1. The molecule has 3 rings (SSSR count). The van der Waals surface area contributed by atoms with E-state index in [-0.39, 0.29) is 14.8 Å². The third-order valence-electron chi connectivity index (χ3n) is 3.12. The molecule has 2 amide bonds. The van der Waals surface area contributed by atoms with E-state index >= 15 is 0 Å². The fourth-order valence-electron chi connectivity index (χ4n) is 2.20. The third-order valence-corrected chi connectivity index (χ3v) is 4.88.